The van der Waals surface area contributed by atoms with Crippen LogP contribution >= 0.6 is 0 Å². The quantitative estimate of drug-likeness (QED) is 0.617. The largest absolute Gasteiger partial charge is 0.273 e. The molecule has 0 aliphatic carbocycles. The number of hydrogen-bond acceptors (Lipinski definition) is 4. The van der Waals surface area contributed by atoms with E-state index in [-0.39, 0.29) is 11.6 Å². The number of fused-ring (bicyclic) bond motifs is 1. The monoisotopic (exact) mass is 402 g/mol. The Hall–Kier alpha value is -3.51. The van der Waals surface area contributed by atoms with Gasteiger partial charge in [-0.25, -0.2) is 14.4 Å². The van der Waals surface area contributed by atoms with Crippen LogP contribution in [0.5, 0.6) is 0 Å². The molecule has 5 rings (SSSR count). The average Bonchev–Trinajstić information content (AvgIpc) is 3.25. The molecule has 2 heterocycles. The number of rotatable bonds is 3. The number of aryl methyl sites for hydroxylation is 1. The van der Waals surface area contributed by atoms with Crippen LogP contribution in [0.4, 0.5) is 15.8 Å². The highest BCUT2D eigenvalue weighted by atomic mass is 19.1. The fourth-order valence-corrected chi connectivity index (χ4v) is 4.32. The van der Waals surface area contributed by atoms with Crippen molar-refractivity contribution in [1.29, 1.82) is 0 Å². The fraction of sp³-hybridized carbons (Fsp3) is 0.167. The van der Waals surface area contributed by atoms with Gasteiger partial charge in [-0.1, -0.05) is 48.5 Å². The summed E-state index contributed by atoms with van der Waals surface area (Å²) in [6.07, 6.45) is -0.967. The average molecular weight is 402 g/mol. The maximum atomic E-state index is 13.8. The number of imide groups is 1. The Labute approximate surface area is 173 Å². The zero-order valence-corrected chi connectivity index (χ0v) is 16.2. The van der Waals surface area contributed by atoms with E-state index in [2.05, 4.69) is 0 Å². The third kappa shape index (κ3) is 2.80. The standard InChI is InChI=1S/C24H19FN2O3/c1-15-8-5-6-13-19(15)21-20-22(30-27(21)17-10-3-2-4-11-17)24(29)26(23(20)28)18-12-7-9-16(25)14-18/h2-14,20-22H,1H3/t20-,21+,22+/m0/s1. The van der Waals surface area contributed by atoms with Gasteiger partial charge in [-0.05, 0) is 48.4 Å². The van der Waals surface area contributed by atoms with Crippen molar-refractivity contribution in [3.05, 3.63) is 95.8 Å². The first-order valence-electron chi connectivity index (χ1n) is 9.76. The summed E-state index contributed by atoms with van der Waals surface area (Å²) in [6.45, 7) is 1.97. The summed E-state index contributed by atoms with van der Waals surface area (Å²) in [5.41, 5.74) is 2.89. The predicted octanol–water partition coefficient (Wildman–Crippen LogP) is 4.19. The Kier molecular flexibility index (Phi) is 4.37. The Morgan fingerprint density at radius 3 is 2.27 bits per heavy atom. The molecule has 0 bridgehead atoms. The molecule has 2 aliphatic rings. The van der Waals surface area contributed by atoms with E-state index in [1.165, 1.54) is 18.2 Å². The number of para-hydroxylation sites is 1. The first-order chi connectivity index (χ1) is 14.6. The third-order valence-electron chi connectivity index (χ3n) is 5.70. The number of benzene rings is 3. The Balaban J connectivity index is 1.61. The van der Waals surface area contributed by atoms with E-state index in [0.29, 0.717) is 0 Å². The van der Waals surface area contributed by atoms with Crippen LogP contribution in [0.2, 0.25) is 0 Å². The maximum Gasteiger partial charge on any atom is 0.266 e. The van der Waals surface area contributed by atoms with Gasteiger partial charge in [0, 0.05) is 0 Å². The first kappa shape index (κ1) is 18.5. The molecule has 5 nitrogen and oxygen atoms in total. The minimum atomic E-state index is -0.967. The summed E-state index contributed by atoms with van der Waals surface area (Å²) in [4.78, 5) is 33.8. The van der Waals surface area contributed by atoms with Crippen LogP contribution in [0.3, 0.4) is 0 Å². The molecule has 0 saturated carbocycles. The van der Waals surface area contributed by atoms with Crippen LogP contribution in [0, 0.1) is 18.7 Å². The highest BCUT2D eigenvalue weighted by molar-refractivity contribution is 6.23. The summed E-state index contributed by atoms with van der Waals surface area (Å²) < 4.78 is 13.8. The molecule has 3 atom stereocenters. The Morgan fingerprint density at radius 1 is 0.833 bits per heavy atom. The van der Waals surface area contributed by atoms with Gasteiger partial charge >= 0.3 is 0 Å². The van der Waals surface area contributed by atoms with Crippen LogP contribution in [0.1, 0.15) is 17.2 Å². The van der Waals surface area contributed by atoms with Crippen molar-refractivity contribution in [2.45, 2.75) is 19.1 Å². The van der Waals surface area contributed by atoms with Gasteiger partial charge in [0.15, 0.2) is 6.10 Å². The zero-order chi connectivity index (χ0) is 20.8. The molecule has 2 fully saturated rings. The molecule has 2 aliphatic heterocycles. The lowest BCUT2D eigenvalue weighted by Gasteiger charge is -2.29. The van der Waals surface area contributed by atoms with Crippen LogP contribution in [-0.4, -0.2) is 17.9 Å². The van der Waals surface area contributed by atoms with Gasteiger partial charge in [0.25, 0.3) is 5.91 Å². The molecule has 0 N–H and O–H groups in total. The Morgan fingerprint density at radius 2 is 1.53 bits per heavy atom. The molecular weight excluding hydrogens is 383 g/mol. The lowest BCUT2D eigenvalue weighted by Crippen LogP contribution is -2.37. The normalized spacial score (nSPS) is 23.2. The number of hydrogen-bond donors (Lipinski definition) is 0. The Bertz CT molecular complexity index is 1130. The molecule has 2 saturated heterocycles. The molecule has 30 heavy (non-hydrogen) atoms. The van der Waals surface area contributed by atoms with Crippen molar-refractivity contribution in [3.63, 3.8) is 0 Å². The second-order valence-electron chi connectivity index (χ2n) is 7.51. The minimum absolute atomic E-state index is 0.220. The molecular formula is C24H19FN2O3. The van der Waals surface area contributed by atoms with Crippen molar-refractivity contribution in [2.75, 3.05) is 9.96 Å². The van der Waals surface area contributed by atoms with Crippen molar-refractivity contribution in [3.8, 4) is 0 Å². The maximum absolute atomic E-state index is 13.8. The van der Waals surface area contributed by atoms with E-state index in [4.69, 9.17) is 4.84 Å². The molecule has 6 heteroatoms. The summed E-state index contributed by atoms with van der Waals surface area (Å²) >= 11 is 0. The van der Waals surface area contributed by atoms with Crippen LogP contribution in [-0.2, 0) is 14.4 Å². The molecule has 150 valence electrons. The zero-order valence-electron chi connectivity index (χ0n) is 16.2. The van der Waals surface area contributed by atoms with Crippen LogP contribution in [0.15, 0.2) is 78.9 Å². The molecule has 3 aromatic rings. The van der Waals surface area contributed by atoms with Crippen molar-refractivity contribution in [2.24, 2.45) is 5.92 Å². The lowest BCUT2D eigenvalue weighted by molar-refractivity contribution is -0.126. The highest BCUT2D eigenvalue weighted by Gasteiger charge is 2.60. The van der Waals surface area contributed by atoms with Gasteiger partial charge in [-0.2, -0.15) is 0 Å². The van der Waals surface area contributed by atoms with Crippen molar-refractivity contribution in [1.82, 2.24) is 0 Å². The van der Waals surface area contributed by atoms with E-state index in [1.54, 1.807) is 11.1 Å². The highest BCUT2D eigenvalue weighted by Crippen LogP contribution is 2.48. The van der Waals surface area contributed by atoms with Gasteiger partial charge in [0.05, 0.1) is 17.4 Å². The fourth-order valence-electron chi connectivity index (χ4n) is 4.32. The molecule has 2 amide bonds. The van der Waals surface area contributed by atoms with E-state index >= 15 is 0 Å². The number of carbonyl (C=O) groups is 2. The number of amides is 2. The number of anilines is 2. The van der Waals surface area contributed by atoms with E-state index in [1.807, 2.05) is 61.5 Å². The summed E-state index contributed by atoms with van der Waals surface area (Å²) in [6, 6.07) is 22.2. The third-order valence-corrected chi connectivity index (χ3v) is 5.70. The number of hydroxylamine groups is 1. The van der Waals surface area contributed by atoms with E-state index < -0.39 is 29.8 Å². The minimum Gasteiger partial charge on any atom is -0.273 e. The van der Waals surface area contributed by atoms with Gasteiger partial charge in [0.2, 0.25) is 5.91 Å². The second kappa shape index (κ2) is 7.07. The lowest BCUT2D eigenvalue weighted by atomic mass is 9.88. The summed E-state index contributed by atoms with van der Waals surface area (Å²) in [5, 5.41) is 1.66. The summed E-state index contributed by atoms with van der Waals surface area (Å²) in [7, 11) is 0. The molecule has 0 radical (unpaired) electrons. The SMILES string of the molecule is Cc1ccccc1[C@@H]1[C@@H]2C(=O)N(c3cccc(F)c3)C(=O)[C@@H]2ON1c1ccccc1. The van der Waals surface area contributed by atoms with E-state index in [0.717, 1.165) is 21.7 Å². The van der Waals surface area contributed by atoms with E-state index in [9.17, 15) is 14.0 Å². The molecule has 3 aromatic carbocycles. The number of nitrogens with zero attached hydrogens (tertiary/aromatic N) is 2. The summed E-state index contributed by atoms with van der Waals surface area (Å²) in [5.74, 6) is -2.11. The van der Waals surface area contributed by atoms with Crippen LogP contribution in [0.25, 0.3) is 0 Å². The first-order valence-corrected chi connectivity index (χ1v) is 9.76. The van der Waals surface area contributed by atoms with Gasteiger partial charge in [-0.3, -0.25) is 14.4 Å². The number of carbonyl (C=O) groups excluding carboxylic acids is 2. The predicted molar refractivity (Wildman–Crippen MR) is 110 cm³/mol. The van der Waals surface area contributed by atoms with Gasteiger partial charge < -0.3 is 0 Å². The smallest absolute Gasteiger partial charge is 0.266 e. The molecule has 0 aromatic heterocycles. The second-order valence-corrected chi connectivity index (χ2v) is 7.51. The molecule has 0 unspecified atom stereocenters. The van der Waals surface area contributed by atoms with Crippen LogP contribution < -0.4 is 9.96 Å². The molecule has 0 spiro atoms. The van der Waals surface area contributed by atoms with Gasteiger partial charge in [-0.15, -0.1) is 0 Å². The van der Waals surface area contributed by atoms with Crippen molar-refractivity contribution < 1.29 is 18.8 Å². The number of halogens is 1. The van der Waals surface area contributed by atoms with Crippen molar-refractivity contribution >= 4 is 23.2 Å². The van der Waals surface area contributed by atoms with Gasteiger partial charge in [0.1, 0.15) is 11.7 Å². The topological polar surface area (TPSA) is 49.9 Å².